The molecule has 0 aliphatic carbocycles. The minimum absolute atomic E-state index is 0.861. The standard InChI is InChI=1S/C21H18N4/c1-22-18-9-7-15(8-10-18)19-20(16-11-13-23-14-12-16)25-21(24-19)17-5-3-2-4-6-17/h2-14,22H,1H3,(H,24,25). The third-order valence-corrected chi connectivity index (χ3v) is 4.17. The first-order valence-corrected chi connectivity index (χ1v) is 8.19. The van der Waals surface area contributed by atoms with Crippen molar-refractivity contribution in [2.75, 3.05) is 12.4 Å². The highest BCUT2D eigenvalue weighted by Gasteiger charge is 2.15. The Bertz CT molecular complexity index is 958. The number of benzene rings is 2. The maximum absolute atomic E-state index is 4.89. The lowest BCUT2D eigenvalue weighted by molar-refractivity contribution is 1.30. The Labute approximate surface area is 146 Å². The van der Waals surface area contributed by atoms with E-state index in [0.717, 1.165) is 39.6 Å². The number of hydrogen-bond acceptors (Lipinski definition) is 3. The van der Waals surface area contributed by atoms with Crippen LogP contribution in [0.4, 0.5) is 5.69 Å². The lowest BCUT2D eigenvalue weighted by atomic mass is 10.1. The van der Waals surface area contributed by atoms with Gasteiger partial charge in [-0.15, -0.1) is 0 Å². The van der Waals surface area contributed by atoms with E-state index in [2.05, 4.69) is 51.7 Å². The predicted octanol–water partition coefficient (Wildman–Crippen LogP) is 4.85. The second kappa shape index (κ2) is 6.61. The predicted molar refractivity (Wildman–Crippen MR) is 102 cm³/mol. The molecule has 0 bridgehead atoms. The van der Waals surface area contributed by atoms with E-state index in [4.69, 9.17) is 4.98 Å². The molecular weight excluding hydrogens is 308 g/mol. The summed E-state index contributed by atoms with van der Waals surface area (Å²) >= 11 is 0. The fraction of sp³-hybridized carbons (Fsp3) is 0.0476. The van der Waals surface area contributed by atoms with Crippen LogP contribution in [0.5, 0.6) is 0 Å². The molecule has 122 valence electrons. The van der Waals surface area contributed by atoms with Crippen LogP contribution in [0, 0.1) is 0 Å². The SMILES string of the molecule is CNc1ccc(-c2nc(-c3ccccc3)[nH]c2-c2ccncc2)cc1. The molecular formula is C21H18N4. The molecule has 4 heteroatoms. The Balaban J connectivity index is 1.87. The number of aromatic nitrogens is 3. The monoisotopic (exact) mass is 326 g/mol. The zero-order valence-corrected chi connectivity index (χ0v) is 13.9. The van der Waals surface area contributed by atoms with Gasteiger partial charge in [0.05, 0.1) is 11.4 Å². The van der Waals surface area contributed by atoms with Crippen molar-refractivity contribution in [3.8, 4) is 33.9 Å². The van der Waals surface area contributed by atoms with Crippen LogP contribution in [0.1, 0.15) is 0 Å². The lowest BCUT2D eigenvalue weighted by Crippen LogP contribution is -1.88. The van der Waals surface area contributed by atoms with Crippen molar-refractivity contribution in [1.29, 1.82) is 0 Å². The molecule has 0 unspecified atom stereocenters. The van der Waals surface area contributed by atoms with Gasteiger partial charge in [0, 0.05) is 41.8 Å². The van der Waals surface area contributed by atoms with Gasteiger partial charge in [0.25, 0.3) is 0 Å². The molecule has 0 atom stereocenters. The third kappa shape index (κ3) is 3.02. The maximum Gasteiger partial charge on any atom is 0.138 e. The molecule has 0 radical (unpaired) electrons. The Morgan fingerprint density at radius 1 is 0.760 bits per heavy atom. The van der Waals surface area contributed by atoms with Crippen LogP contribution in [0.15, 0.2) is 79.1 Å². The van der Waals surface area contributed by atoms with Crippen molar-refractivity contribution in [2.24, 2.45) is 0 Å². The second-order valence-electron chi connectivity index (χ2n) is 5.74. The fourth-order valence-corrected chi connectivity index (χ4v) is 2.84. The van der Waals surface area contributed by atoms with Crippen molar-refractivity contribution in [1.82, 2.24) is 15.0 Å². The molecule has 4 nitrogen and oxygen atoms in total. The van der Waals surface area contributed by atoms with Gasteiger partial charge in [-0.2, -0.15) is 0 Å². The third-order valence-electron chi connectivity index (χ3n) is 4.17. The van der Waals surface area contributed by atoms with Crippen LogP contribution in [-0.2, 0) is 0 Å². The van der Waals surface area contributed by atoms with Crippen LogP contribution in [-0.4, -0.2) is 22.0 Å². The number of nitrogens with one attached hydrogen (secondary N) is 2. The largest absolute Gasteiger partial charge is 0.388 e. The topological polar surface area (TPSA) is 53.6 Å². The molecule has 4 rings (SSSR count). The van der Waals surface area contributed by atoms with Crippen molar-refractivity contribution < 1.29 is 0 Å². The number of H-pyrrole nitrogens is 1. The lowest BCUT2D eigenvalue weighted by Gasteiger charge is -2.04. The van der Waals surface area contributed by atoms with Crippen LogP contribution in [0.25, 0.3) is 33.9 Å². The molecule has 0 aliphatic heterocycles. The number of rotatable bonds is 4. The molecule has 25 heavy (non-hydrogen) atoms. The Morgan fingerprint density at radius 2 is 1.48 bits per heavy atom. The summed E-state index contributed by atoms with van der Waals surface area (Å²) in [6.07, 6.45) is 3.60. The van der Waals surface area contributed by atoms with E-state index >= 15 is 0 Å². The van der Waals surface area contributed by atoms with Crippen molar-refractivity contribution in [2.45, 2.75) is 0 Å². The number of aromatic amines is 1. The molecule has 0 amide bonds. The summed E-state index contributed by atoms with van der Waals surface area (Å²) in [6.45, 7) is 0. The molecule has 2 aromatic carbocycles. The number of anilines is 1. The average Bonchev–Trinajstić information content (AvgIpc) is 3.15. The van der Waals surface area contributed by atoms with Gasteiger partial charge in [-0.1, -0.05) is 42.5 Å². The molecule has 0 spiro atoms. The van der Waals surface area contributed by atoms with Crippen LogP contribution in [0.2, 0.25) is 0 Å². The molecule has 2 heterocycles. The van der Waals surface area contributed by atoms with Gasteiger partial charge in [0.1, 0.15) is 5.82 Å². The van der Waals surface area contributed by atoms with Gasteiger partial charge < -0.3 is 10.3 Å². The first-order valence-electron chi connectivity index (χ1n) is 8.19. The Morgan fingerprint density at radius 3 is 2.16 bits per heavy atom. The fourth-order valence-electron chi connectivity index (χ4n) is 2.84. The summed E-state index contributed by atoms with van der Waals surface area (Å²) in [7, 11) is 1.92. The van der Waals surface area contributed by atoms with E-state index in [0.29, 0.717) is 0 Å². The van der Waals surface area contributed by atoms with Gasteiger partial charge in [-0.25, -0.2) is 4.98 Å². The van der Waals surface area contributed by atoms with Crippen LogP contribution < -0.4 is 5.32 Å². The molecule has 0 fully saturated rings. The van der Waals surface area contributed by atoms with E-state index in [-0.39, 0.29) is 0 Å². The zero-order chi connectivity index (χ0) is 17.1. The summed E-state index contributed by atoms with van der Waals surface area (Å²) in [5.74, 6) is 0.861. The molecule has 2 N–H and O–H groups in total. The summed E-state index contributed by atoms with van der Waals surface area (Å²) in [5, 5.41) is 3.15. The molecule has 0 aliphatic rings. The maximum atomic E-state index is 4.89. The van der Waals surface area contributed by atoms with Crippen LogP contribution >= 0.6 is 0 Å². The highest BCUT2D eigenvalue weighted by Crippen LogP contribution is 2.33. The van der Waals surface area contributed by atoms with E-state index in [1.807, 2.05) is 37.4 Å². The highest BCUT2D eigenvalue weighted by molar-refractivity contribution is 5.81. The van der Waals surface area contributed by atoms with Gasteiger partial charge in [-0.05, 0) is 24.3 Å². The first kappa shape index (κ1) is 15.1. The quantitative estimate of drug-likeness (QED) is 0.564. The number of nitrogens with zero attached hydrogens (tertiary/aromatic N) is 2. The van der Waals surface area contributed by atoms with E-state index < -0.39 is 0 Å². The minimum Gasteiger partial charge on any atom is -0.388 e. The zero-order valence-electron chi connectivity index (χ0n) is 13.9. The van der Waals surface area contributed by atoms with Crippen molar-refractivity contribution >= 4 is 5.69 Å². The summed E-state index contributed by atoms with van der Waals surface area (Å²) in [6, 6.07) is 22.4. The molecule has 4 aromatic rings. The van der Waals surface area contributed by atoms with Gasteiger partial charge in [0.2, 0.25) is 0 Å². The van der Waals surface area contributed by atoms with Gasteiger partial charge >= 0.3 is 0 Å². The van der Waals surface area contributed by atoms with Crippen molar-refractivity contribution in [3.05, 3.63) is 79.1 Å². The number of pyridine rings is 1. The second-order valence-corrected chi connectivity index (χ2v) is 5.74. The van der Waals surface area contributed by atoms with Gasteiger partial charge in [0.15, 0.2) is 0 Å². The van der Waals surface area contributed by atoms with E-state index in [1.54, 1.807) is 12.4 Å². The average molecular weight is 326 g/mol. The smallest absolute Gasteiger partial charge is 0.138 e. The minimum atomic E-state index is 0.861. The summed E-state index contributed by atoms with van der Waals surface area (Å²) in [4.78, 5) is 12.5. The summed E-state index contributed by atoms with van der Waals surface area (Å²) in [5.41, 5.74) is 6.22. The molecule has 0 saturated heterocycles. The molecule has 2 aromatic heterocycles. The molecule has 0 saturated carbocycles. The highest BCUT2D eigenvalue weighted by atomic mass is 14.9. The van der Waals surface area contributed by atoms with Crippen LogP contribution in [0.3, 0.4) is 0 Å². The first-order chi connectivity index (χ1) is 12.3. The number of imidazole rings is 1. The van der Waals surface area contributed by atoms with Crippen molar-refractivity contribution in [3.63, 3.8) is 0 Å². The van der Waals surface area contributed by atoms with E-state index in [9.17, 15) is 0 Å². The normalized spacial score (nSPS) is 10.6. The Hall–Kier alpha value is -3.40. The Kier molecular flexibility index (Phi) is 4.01. The summed E-state index contributed by atoms with van der Waals surface area (Å²) < 4.78 is 0. The van der Waals surface area contributed by atoms with Gasteiger partial charge in [-0.3, -0.25) is 4.98 Å². The number of hydrogen-bond donors (Lipinski definition) is 2. The van der Waals surface area contributed by atoms with E-state index in [1.165, 1.54) is 0 Å².